The zero-order valence-corrected chi connectivity index (χ0v) is 10.3. The van der Waals surface area contributed by atoms with Crippen LogP contribution < -0.4 is 10.6 Å². The molecule has 78 valence electrons. The number of halogens is 1. The molecule has 1 aromatic heterocycles. The van der Waals surface area contributed by atoms with Crippen molar-refractivity contribution in [2.75, 3.05) is 7.05 Å². The molecule has 1 atom stereocenters. The summed E-state index contributed by atoms with van der Waals surface area (Å²) in [5.41, 5.74) is 0. The average molecular weight is 308 g/mol. The van der Waals surface area contributed by atoms with E-state index in [0.717, 1.165) is 9.53 Å². The van der Waals surface area contributed by atoms with E-state index < -0.39 is 0 Å². The molecule has 14 heavy (non-hydrogen) atoms. The third-order valence-electron chi connectivity index (χ3n) is 1.85. The number of hydrogen-bond donors (Lipinski definition) is 2. The summed E-state index contributed by atoms with van der Waals surface area (Å²) in [4.78, 5) is 11.1. The molecule has 0 radical (unpaired) electrons. The van der Waals surface area contributed by atoms with E-state index in [2.05, 4.69) is 33.2 Å². The van der Waals surface area contributed by atoms with Crippen LogP contribution in [0.25, 0.3) is 0 Å². The van der Waals surface area contributed by atoms with Gasteiger partial charge in [-0.2, -0.15) is 0 Å². The van der Waals surface area contributed by atoms with Crippen molar-refractivity contribution in [3.05, 3.63) is 21.7 Å². The number of likely N-dealkylation sites (N-methyl/N-ethyl adjacent to an activating group) is 1. The number of furan rings is 1. The number of carbonyl (C=O) groups is 1. The van der Waals surface area contributed by atoms with Crippen LogP contribution in [0, 0.1) is 3.77 Å². The van der Waals surface area contributed by atoms with Gasteiger partial charge in [-0.15, -0.1) is 0 Å². The summed E-state index contributed by atoms with van der Waals surface area (Å²) in [6, 6.07) is 3.58. The molecule has 0 aliphatic carbocycles. The van der Waals surface area contributed by atoms with E-state index in [0.29, 0.717) is 6.54 Å². The molecule has 5 heteroatoms. The van der Waals surface area contributed by atoms with Gasteiger partial charge in [0.15, 0.2) is 3.77 Å². The number of hydrogen-bond acceptors (Lipinski definition) is 3. The molecule has 0 fully saturated rings. The van der Waals surface area contributed by atoms with Crippen LogP contribution in [0.15, 0.2) is 16.5 Å². The molecule has 0 aliphatic rings. The Bertz CT molecular complexity index is 312. The van der Waals surface area contributed by atoms with Gasteiger partial charge in [0.25, 0.3) is 0 Å². The highest BCUT2D eigenvalue weighted by Gasteiger charge is 2.10. The Kier molecular flexibility index (Phi) is 4.40. The first-order chi connectivity index (χ1) is 6.63. The highest BCUT2D eigenvalue weighted by atomic mass is 127. The van der Waals surface area contributed by atoms with Gasteiger partial charge in [-0.25, -0.2) is 0 Å². The summed E-state index contributed by atoms with van der Waals surface area (Å²) in [5, 5.41) is 5.63. The minimum Gasteiger partial charge on any atom is -0.454 e. The molecule has 0 aromatic carbocycles. The van der Waals surface area contributed by atoms with Crippen molar-refractivity contribution in [2.24, 2.45) is 0 Å². The fourth-order valence-electron chi connectivity index (χ4n) is 1.01. The number of carbonyl (C=O) groups excluding carboxylic acids is 1. The average Bonchev–Trinajstić information content (AvgIpc) is 2.59. The molecule has 1 aromatic rings. The van der Waals surface area contributed by atoms with Crippen molar-refractivity contribution in [3.8, 4) is 0 Å². The lowest BCUT2D eigenvalue weighted by Gasteiger charge is -2.10. The molecule has 1 unspecified atom stereocenters. The van der Waals surface area contributed by atoms with Crippen LogP contribution in [0.3, 0.4) is 0 Å². The fraction of sp³-hybridized carbons (Fsp3) is 0.444. The van der Waals surface area contributed by atoms with E-state index in [1.807, 2.05) is 19.1 Å². The minimum atomic E-state index is -0.206. The highest BCUT2D eigenvalue weighted by Crippen LogP contribution is 2.09. The Labute approximate surface area is 96.6 Å². The second kappa shape index (κ2) is 5.35. The monoisotopic (exact) mass is 308 g/mol. The summed E-state index contributed by atoms with van der Waals surface area (Å²) in [6.45, 7) is 2.38. The third kappa shape index (κ3) is 3.30. The number of rotatable bonds is 4. The summed E-state index contributed by atoms with van der Waals surface area (Å²) in [7, 11) is 1.62. The molecule has 0 saturated heterocycles. The van der Waals surface area contributed by atoms with Crippen LogP contribution in [0.5, 0.6) is 0 Å². The zero-order chi connectivity index (χ0) is 10.6. The minimum absolute atomic E-state index is 0.0220. The smallest absolute Gasteiger partial charge is 0.236 e. The summed E-state index contributed by atoms with van der Waals surface area (Å²) in [6.07, 6.45) is 0. The third-order valence-corrected chi connectivity index (χ3v) is 2.43. The second-order valence-electron chi connectivity index (χ2n) is 2.92. The Morgan fingerprint density at radius 2 is 2.36 bits per heavy atom. The second-order valence-corrected chi connectivity index (χ2v) is 3.99. The molecule has 0 bridgehead atoms. The first-order valence-corrected chi connectivity index (χ1v) is 5.40. The molecule has 1 amide bonds. The Morgan fingerprint density at radius 1 is 1.64 bits per heavy atom. The van der Waals surface area contributed by atoms with Crippen molar-refractivity contribution in [1.29, 1.82) is 0 Å². The van der Waals surface area contributed by atoms with Gasteiger partial charge in [-0.05, 0) is 41.6 Å². The van der Waals surface area contributed by atoms with Crippen LogP contribution >= 0.6 is 22.6 Å². The lowest BCUT2D eigenvalue weighted by molar-refractivity contribution is -0.122. The predicted molar refractivity (Wildman–Crippen MR) is 61.8 cm³/mol. The van der Waals surface area contributed by atoms with Gasteiger partial charge in [0.1, 0.15) is 5.76 Å². The maximum absolute atomic E-state index is 11.1. The molecule has 1 rings (SSSR count). The molecule has 0 spiro atoms. The Hall–Kier alpha value is -0.560. The molecule has 4 nitrogen and oxygen atoms in total. The first-order valence-electron chi connectivity index (χ1n) is 4.32. The maximum Gasteiger partial charge on any atom is 0.236 e. The van der Waals surface area contributed by atoms with E-state index in [4.69, 9.17) is 4.42 Å². The van der Waals surface area contributed by atoms with Gasteiger partial charge < -0.3 is 9.73 Å². The van der Waals surface area contributed by atoms with Gasteiger partial charge in [0, 0.05) is 7.05 Å². The van der Waals surface area contributed by atoms with Gasteiger partial charge in [0.2, 0.25) is 5.91 Å². The molecule has 0 saturated carbocycles. The first kappa shape index (κ1) is 11.5. The Balaban J connectivity index is 2.37. The zero-order valence-electron chi connectivity index (χ0n) is 8.13. The van der Waals surface area contributed by atoms with E-state index in [1.165, 1.54) is 0 Å². The van der Waals surface area contributed by atoms with Gasteiger partial charge >= 0.3 is 0 Å². The van der Waals surface area contributed by atoms with Crippen molar-refractivity contribution >= 4 is 28.5 Å². The van der Waals surface area contributed by atoms with Crippen LogP contribution in [0.4, 0.5) is 0 Å². The molecule has 2 N–H and O–H groups in total. The SMILES string of the molecule is CNC(=O)C(C)NCc1ccc(I)o1. The van der Waals surface area contributed by atoms with Crippen molar-refractivity contribution in [3.63, 3.8) is 0 Å². The molecule has 1 heterocycles. The standard InChI is InChI=1S/C9H13IN2O2/c1-6(9(13)11-2)12-5-7-3-4-8(10)14-7/h3-4,6,12H,5H2,1-2H3,(H,11,13). The van der Waals surface area contributed by atoms with Crippen molar-refractivity contribution < 1.29 is 9.21 Å². The highest BCUT2D eigenvalue weighted by molar-refractivity contribution is 14.1. The van der Waals surface area contributed by atoms with E-state index in [1.54, 1.807) is 7.05 Å². The fourth-order valence-corrected chi connectivity index (χ4v) is 1.47. The van der Waals surface area contributed by atoms with Gasteiger partial charge in [-0.3, -0.25) is 10.1 Å². The van der Waals surface area contributed by atoms with Gasteiger partial charge in [0.05, 0.1) is 12.6 Å². The Morgan fingerprint density at radius 3 is 2.86 bits per heavy atom. The maximum atomic E-state index is 11.1. The van der Waals surface area contributed by atoms with E-state index >= 15 is 0 Å². The quantitative estimate of drug-likeness (QED) is 0.819. The lowest BCUT2D eigenvalue weighted by atomic mass is 10.3. The van der Waals surface area contributed by atoms with E-state index in [-0.39, 0.29) is 11.9 Å². The summed E-state index contributed by atoms with van der Waals surface area (Å²) >= 11 is 2.10. The van der Waals surface area contributed by atoms with Crippen molar-refractivity contribution in [2.45, 2.75) is 19.5 Å². The predicted octanol–water partition coefficient (Wildman–Crippen LogP) is 1.11. The topological polar surface area (TPSA) is 54.3 Å². The molecule has 0 aliphatic heterocycles. The summed E-state index contributed by atoms with van der Waals surface area (Å²) < 4.78 is 6.19. The number of amides is 1. The van der Waals surface area contributed by atoms with Crippen LogP contribution in [0.2, 0.25) is 0 Å². The van der Waals surface area contributed by atoms with Crippen molar-refractivity contribution in [1.82, 2.24) is 10.6 Å². The summed E-state index contributed by atoms with van der Waals surface area (Å²) in [5.74, 6) is 0.816. The van der Waals surface area contributed by atoms with Crippen LogP contribution in [-0.4, -0.2) is 19.0 Å². The number of nitrogens with one attached hydrogen (secondary N) is 2. The van der Waals surface area contributed by atoms with Gasteiger partial charge in [-0.1, -0.05) is 0 Å². The van der Waals surface area contributed by atoms with Crippen LogP contribution in [-0.2, 0) is 11.3 Å². The lowest BCUT2D eigenvalue weighted by Crippen LogP contribution is -2.40. The largest absolute Gasteiger partial charge is 0.454 e. The molecular weight excluding hydrogens is 295 g/mol. The normalized spacial score (nSPS) is 12.5. The van der Waals surface area contributed by atoms with E-state index in [9.17, 15) is 4.79 Å². The molecular formula is C9H13IN2O2. The van der Waals surface area contributed by atoms with Crippen LogP contribution in [0.1, 0.15) is 12.7 Å².